The summed E-state index contributed by atoms with van der Waals surface area (Å²) in [6.07, 6.45) is 5.96. The van der Waals surface area contributed by atoms with E-state index in [1.54, 1.807) is 11.8 Å². The van der Waals surface area contributed by atoms with E-state index in [2.05, 4.69) is 12.2 Å². The molecule has 0 saturated heterocycles. The number of hydrogen-bond donors (Lipinski definition) is 2. The lowest BCUT2D eigenvalue weighted by molar-refractivity contribution is 0.0802. The fraction of sp³-hybridized carbons (Fsp3) is 1.00. The number of hydrogen-bond acceptors (Lipinski definition) is 3. The summed E-state index contributed by atoms with van der Waals surface area (Å²) in [7, 11) is 0. The second-order valence-corrected chi connectivity index (χ2v) is 5.53. The lowest BCUT2D eigenvalue weighted by atomic mass is 10.1. The fourth-order valence-corrected chi connectivity index (χ4v) is 2.58. The van der Waals surface area contributed by atoms with E-state index >= 15 is 0 Å². The van der Waals surface area contributed by atoms with E-state index in [4.69, 9.17) is 0 Å². The van der Waals surface area contributed by atoms with Gasteiger partial charge >= 0.3 is 0 Å². The molecule has 0 aromatic rings. The zero-order valence-corrected chi connectivity index (χ0v) is 10.4. The highest BCUT2D eigenvalue weighted by molar-refractivity contribution is 7.98. The Morgan fingerprint density at radius 3 is 2.64 bits per heavy atom. The van der Waals surface area contributed by atoms with Crippen molar-refractivity contribution in [2.24, 2.45) is 5.92 Å². The molecule has 0 bridgehead atoms. The average molecular weight is 217 g/mol. The predicted molar refractivity (Wildman–Crippen MR) is 63.8 cm³/mol. The van der Waals surface area contributed by atoms with Gasteiger partial charge in [0.2, 0.25) is 0 Å². The second kappa shape index (κ2) is 5.38. The smallest absolute Gasteiger partial charge is 0.0833 e. The summed E-state index contributed by atoms with van der Waals surface area (Å²) < 4.78 is 0. The molecule has 3 heteroatoms. The molecular formula is C11H23NOS. The molecule has 1 aliphatic rings. The maximum atomic E-state index is 9.98. The fourth-order valence-electron chi connectivity index (χ4n) is 1.86. The van der Waals surface area contributed by atoms with Crippen molar-refractivity contribution in [3.05, 3.63) is 0 Å². The molecule has 14 heavy (non-hydrogen) atoms. The average Bonchev–Trinajstić information content (AvgIpc) is 2.89. The Kier molecular flexibility index (Phi) is 4.74. The molecule has 0 aliphatic heterocycles. The van der Waals surface area contributed by atoms with Crippen LogP contribution in [0.25, 0.3) is 0 Å². The minimum atomic E-state index is -0.554. The topological polar surface area (TPSA) is 32.3 Å². The lowest BCUT2D eigenvalue weighted by Crippen LogP contribution is -2.44. The monoisotopic (exact) mass is 217 g/mol. The minimum Gasteiger partial charge on any atom is -0.388 e. The first kappa shape index (κ1) is 12.3. The molecule has 2 N–H and O–H groups in total. The van der Waals surface area contributed by atoms with Crippen molar-refractivity contribution in [1.29, 1.82) is 0 Å². The number of nitrogens with one attached hydrogen (secondary N) is 1. The van der Waals surface area contributed by atoms with Gasteiger partial charge in [0.15, 0.2) is 0 Å². The molecule has 0 aromatic heterocycles. The first-order valence-electron chi connectivity index (χ1n) is 5.54. The third kappa shape index (κ3) is 4.20. The first-order chi connectivity index (χ1) is 6.59. The molecule has 1 aliphatic carbocycles. The van der Waals surface area contributed by atoms with Crippen LogP contribution in [0.1, 0.15) is 33.1 Å². The molecule has 2 nitrogen and oxygen atoms in total. The van der Waals surface area contributed by atoms with Gasteiger partial charge in [0.05, 0.1) is 5.60 Å². The molecule has 2 unspecified atom stereocenters. The van der Waals surface area contributed by atoms with E-state index in [9.17, 15) is 5.11 Å². The van der Waals surface area contributed by atoms with E-state index in [0.29, 0.717) is 6.04 Å². The van der Waals surface area contributed by atoms with Gasteiger partial charge in [-0.25, -0.2) is 0 Å². The van der Waals surface area contributed by atoms with Gasteiger partial charge in [0.25, 0.3) is 0 Å². The van der Waals surface area contributed by atoms with Crippen molar-refractivity contribution in [3.8, 4) is 0 Å². The lowest BCUT2D eigenvalue weighted by Gasteiger charge is -2.26. The van der Waals surface area contributed by atoms with Gasteiger partial charge in [-0.05, 0) is 38.4 Å². The molecule has 0 spiro atoms. The van der Waals surface area contributed by atoms with Crippen LogP contribution in [-0.2, 0) is 0 Å². The Morgan fingerprint density at radius 1 is 1.57 bits per heavy atom. The minimum absolute atomic E-state index is 0.554. The van der Waals surface area contributed by atoms with Crippen molar-refractivity contribution in [1.82, 2.24) is 5.32 Å². The number of rotatable bonds is 7. The van der Waals surface area contributed by atoms with Crippen molar-refractivity contribution in [3.63, 3.8) is 0 Å². The van der Waals surface area contributed by atoms with E-state index in [1.807, 2.05) is 13.2 Å². The third-order valence-electron chi connectivity index (χ3n) is 2.83. The molecule has 1 saturated carbocycles. The summed E-state index contributed by atoms with van der Waals surface area (Å²) >= 11 is 1.70. The van der Waals surface area contributed by atoms with Crippen LogP contribution in [0.15, 0.2) is 0 Å². The maximum absolute atomic E-state index is 9.98. The van der Waals surface area contributed by atoms with Crippen molar-refractivity contribution >= 4 is 11.8 Å². The zero-order valence-electron chi connectivity index (χ0n) is 9.55. The molecular weight excluding hydrogens is 194 g/mol. The van der Waals surface area contributed by atoms with Gasteiger partial charge in [0, 0.05) is 18.3 Å². The van der Waals surface area contributed by atoms with Crippen molar-refractivity contribution < 1.29 is 5.11 Å². The first-order valence-corrected chi connectivity index (χ1v) is 6.93. The Morgan fingerprint density at radius 2 is 2.21 bits per heavy atom. The highest BCUT2D eigenvalue weighted by atomic mass is 32.2. The maximum Gasteiger partial charge on any atom is 0.0833 e. The predicted octanol–water partition coefficient (Wildman–Crippen LogP) is 1.88. The quantitative estimate of drug-likeness (QED) is 0.683. The van der Waals surface area contributed by atoms with Gasteiger partial charge in [0.1, 0.15) is 0 Å². The second-order valence-electron chi connectivity index (χ2n) is 4.66. The van der Waals surface area contributed by atoms with Crippen molar-refractivity contribution in [2.45, 2.75) is 44.8 Å². The zero-order chi connectivity index (χ0) is 10.6. The highest BCUT2D eigenvalue weighted by Crippen LogP contribution is 2.34. The summed E-state index contributed by atoms with van der Waals surface area (Å²) in [5.41, 5.74) is -0.554. The molecule has 0 aromatic carbocycles. The van der Waals surface area contributed by atoms with Crippen LogP contribution in [0.3, 0.4) is 0 Å². The molecule has 0 amide bonds. The van der Waals surface area contributed by atoms with Crippen LogP contribution in [0, 0.1) is 5.92 Å². The van der Waals surface area contributed by atoms with E-state index < -0.39 is 5.60 Å². The molecule has 1 fully saturated rings. The van der Waals surface area contributed by atoms with E-state index in [0.717, 1.165) is 18.2 Å². The summed E-state index contributed by atoms with van der Waals surface area (Å²) in [6.45, 7) is 4.86. The molecule has 84 valence electrons. The Labute approximate surface area is 91.9 Å². The van der Waals surface area contributed by atoms with E-state index in [1.165, 1.54) is 19.3 Å². The summed E-state index contributed by atoms with van der Waals surface area (Å²) in [6, 6.07) is 0.628. The van der Waals surface area contributed by atoms with Crippen molar-refractivity contribution in [2.75, 3.05) is 18.6 Å². The van der Waals surface area contributed by atoms with Gasteiger partial charge in [-0.15, -0.1) is 0 Å². The van der Waals surface area contributed by atoms with E-state index in [-0.39, 0.29) is 0 Å². The Hall–Kier alpha value is 0.270. The highest BCUT2D eigenvalue weighted by Gasteiger charge is 2.31. The summed E-state index contributed by atoms with van der Waals surface area (Å²) in [5.74, 6) is 1.69. The van der Waals surface area contributed by atoms with Crippen LogP contribution >= 0.6 is 11.8 Å². The molecule has 0 radical (unpaired) electrons. The molecule has 2 atom stereocenters. The van der Waals surface area contributed by atoms with Gasteiger partial charge in [-0.2, -0.15) is 11.8 Å². The number of aliphatic hydroxyl groups is 1. The standard InChI is InChI=1S/C11H23NOS/c1-4-10(9-5-6-9)12-7-11(2,13)8-14-3/h9-10,12-13H,4-8H2,1-3H3. The summed E-state index contributed by atoms with van der Waals surface area (Å²) in [4.78, 5) is 0. The third-order valence-corrected chi connectivity index (χ3v) is 3.74. The Balaban J connectivity index is 2.22. The van der Waals surface area contributed by atoms with Crippen LogP contribution in [0.5, 0.6) is 0 Å². The SMILES string of the molecule is CCC(NCC(C)(O)CSC)C1CC1. The molecule has 0 heterocycles. The van der Waals surface area contributed by atoms with Crippen LogP contribution in [0.2, 0.25) is 0 Å². The largest absolute Gasteiger partial charge is 0.388 e. The molecule has 1 rings (SSSR count). The van der Waals surface area contributed by atoms with Crippen LogP contribution in [-0.4, -0.2) is 35.3 Å². The number of thioether (sulfide) groups is 1. The van der Waals surface area contributed by atoms with Crippen LogP contribution in [0.4, 0.5) is 0 Å². The van der Waals surface area contributed by atoms with Gasteiger partial charge in [-0.3, -0.25) is 0 Å². The van der Waals surface area contributed by atoms with Gasteiger partial charge < -0.3 is 10.4 Å². The Bertz CT molecular complexity index is 169. The summed E-state index contributed by atoms with van der Waals surface area (Å²) in [5, 5.41) is 13.5. The normalized spacial score (nSPS) is 23.1. The van der Waals surface area contributed by atoms with Gasteiger partial charge in [-0.1, -0.05) is 6.92 Å². The van der Waals surface area contributed by atoms with Crippen LogP contribution < -0.4 is 5.32 Å².